The van der Waals surface area contributed by atoms with Gasteiger partial charge in [-0.3, -0.25) is 0 Å². The zero-order chi connectivity index (χ0) is 46.7. The minimum absolute atomic E-state index is 0.136. The Morgan fingerprint density at radius 2 is 1.17 bits per heavy atom. The summed E-state index contributed by atoms with van der Waals surface area (Å²) >= 11 is 0. The molecule has 3 unspecified atom stereocenters. The van der Waals surface area contributed by atoms with Gasteiger partial charge in [0, 0.05) is 19.4 Å². The Labute approximate surface area is 377 Å². The van der Waals surface area contributed by atoms with Gasteiger partial charge in [0.15, 0.2) is 5.60 Å². The van der Waals surface area contributed by atoms with E-state index in [0.717, 1.165) is 62.2 Å². The van der Waals surface area contributed by atoms with Crippen LogP contribution in [0.15, 0.2) is 70.9 Å². The van der Waals surface area contributed by atoms with Crippen molar-refractivity contribution < 1.29 is 48.5 Å². The molecule has 0 spiro atoms. The Balaban J connectivity index is 0.000000239. The Morgan fingerprint density at radius 3 is 1.63 bits per heavy atom. The van der Waals surface area contributed by atoms with Gasteiger partial charge in [-0.2, -0.15) is 13.2 Å². The van der Waals surface area contributed by atoms with Gasteiger partial charge in [-0.25, -0.2) is 0 Å². The first kappa shape index (κ1) is 51.9. The van der Waals surface area contributed by atoms with Crippen LogP contribution in [-0.2, 0) is 4.74 Å². The molecule has 0 radical (unpaired) electrons. The largest absolute Gasteiger partial charge is 0.416 e. The van der Waals surface area contributed by atoms with Crippen molar-refractivity contribution in [3.05, 3.63) is 70.9 Å². The van der Waals surface area contributed by atoms with Crippen molar-refractivity contribution in [3.63, 3.8) is 0 Å². The highest BCUT2D eigenvalue weighted by Crippen LogP contribution is 2.61. The molecule has 358 valence electrons. The molecule has 0 aromatic rings. The molecule has 10 heteroatoms. The number of allylic oxidation sites excluding steroid dienone is 6. The van der Waals surface area contributed by atoms with Crippen LogP contribution in [0, 0.1) is 40.4 Å². The fraction of sp³-hybridized carbons (Fsp3) is 0.774. The number of hydrogen-bond acceptors (Lipinski definition) is 7. The maximum absolute atomic E-state index is 13.0. The first-order valence-corrected chi connectivity index (χ1v) is 24.3. The third-order valence-electron chi connectivity index (χ3n) is 16.9. The molecule has 6 N–H and O–H groups in total. The molecule has 0 heterocycles. The summed E-state index contributed by atoms with van der Waals surface area (Å²) < 4.78 is 45.1. The lowest BCUT2D eigenvalue weighted by molar-refractivity contribution is -0.255. The van der Waals surface area contributed by atoms with Crippen LogP contribution in [0.4, 0.5) is 13.2 Å². The third-order valence-corrected chi connectivity index (χ3v) is 16.9. The number of rotatable bonds is 12. The van der Waals surface area contributed by atoms with E-state index in [-0.39, 0.29) is 23.4 Å². The van der Waals surface area contributed by atoms with Crippen LogP contribution in [-0.4, -0.2) is 85.1 Å². The van der Waals surface area contributed by atoms with Gasteiger partial charge in [-0.1, -0.05) is 75.8 Å². The molecule has 6 aliphatic rings. The van der Waals surface area contributed by atoms with Gasteiger partial charge in [0.1, 0.15) is 0 Å². The average molecular weight is 889 g/mol. The highest BCUT2D eigenvalue weighted by molar-refractivity contribution is 5.40. The first-order chi connectivity index (χ1) is 29.3. The zero-order valence-electron chi connectivity index (χ0n) is 39.7. The van der Waals surface area contributed by atoms with Gasteiger partial charge in [-0.15, -0.1) is 0 Å². The lowest BCUT2D eigenvalue weighted by atomic mass is 9.60. The summed E-state index contributed by atoms with van der Waals surface area (Å²) in [5.41, 5.74) is 3.36. The molecule has 6 rings (SSSR count). The SMILES string of the molecule is C=C1/C(=C\C=C2/CCC[C@@]3(C)C2CC[C@@H]3[C@H](C)CCCC(C)(O)C(F)(F)F)C[C@@H](O)C[C@@H]1O.C=C1/C(=C\C=C2/CCC[C@@]3(C)C2CC[C@@H]3[C@H](C)OCCC(C)(C)O)C[C@@H](O)C[C@@H]1O. The minimum Gasteiger partial charge on any atom is -0.393 e. The Morgan fingerprint density at radius 1 is 0.714 bits per heavy atom. The molecule has 6 saturated carbocycles. The summed E-state index contributed by atoms with van der Waals surface area (Å²) in [6.45, 7) is 22.3. The number of hydrogen-bond donors (Lipinski definition) is 6. The Bertz CT molecular complexity index is 1720. The highest BCUT2D eigenvalue weighted by atomic mass is 19.4. The quantitative estimate of drug-likeness (QED) is 0.115. The molecule has 0 aromatic heterocycles. The van der Waals surface area contributed by atoms with Crippen LogP contribution in [0.2, 0.25) is 0 Å². The number of alkyl halides is 3. The molecule has 0 aromatic carbocycles. The maximum atomic E-state index is 13.0. The van der Waals surface area contributed by atoms with Gasteiger partial charge in [0.2, 0.25) is 0 Å². The molecular formula is C53H83F3O7. The average Bonchev–Trinajstić information content (AvgIpc) is 3.73. The van der Waals surface area contributed by atoms with E-state index in [1.54, 1.807) is 0 Å². The second-order valence-electron chi connectivity index (χ2n) is 22.1. The number of ether oxygens (including phenoxy) is 1. The molecule has 63 heavy (non-hydrogen) atoms. The van der Waals surface area contributed by atoms with Crippen molar-refractivity contribution in [2.24, 2.45) is 40.4 Å². The van der Waals surface area contributed by atoms with E-state index in [2.05, 4.69) is 59.1 Å². The van der Waals surface area contributed by atoms with Crippen molar-refractivity contribution in [2.45, 2.75) is 212 Å². The molecule has 6 aliphatic carbocycles. The van der Waals surface area contributed by atoms with Gasteiger partial charge in [0.05, 0.1) is 36.1 Å². The van der Waals surface area contributed by atoms with Gasteiger partial charge >= 0.3 is 6.18 Å². The normalized spacial score (nSPS) is 38.6. The van der Waals surface area contributed by atoms with Crippen LogP contribution in [0.25, 0.3) is 0 Å². The topological polar surface area (TPSA) is 131 Å². The summed E-state index contributed by atoms with van der Waals surface area (Å²) in [5.74, 6) is 2.34. The van der Waals surface area contributed by atoms with Crippen molar-refractivity contribution in [3.8, 4) is 0 Å². The molecule has 0 aliphatic heterocycles. The summed E-state index contributed by atoms with van der Waals surface area (Å²) in [7, 11) is 0. The van der Waals surface area contributed by atoms with E-state index >= 15 is 0 Å². The molecular weight excluding hydrogens is 806 g/mol. The Kier molecular flexibility index (Phi) is 17.2. The van der Waals surface area contributed by atoms with Crippen LogP contribution in [0.3, 0.4) is 0 Å². The molecule has 0 saturated heterocycles. The van der Waals surface area contributed by atoms with Gasteiger partial charge < -0.3 is 35.4 Å². The van der Waals surface area contributed by atoms with Crippen molar-refractivity contribution in [2.75, 3.05) is 6.61 Å². The van der Waals surface area contributed by atoms with Crippen molar-refractivity contribution in [1.29, 1.82) is 0 Å². The van der Waals surface area contributed by atoms with Crippen molar-refractivity contribution in [1.82, 2.24) is 0 Å². The first-order valence-electron chi connectivity index (χ1n) is 24.3. The number of halogens is 3. The lowest BCUT2D eigenvalue weighted by Gasteiger charge is -2.44. The minimum atomic E-state index is -4.59. The standard InChI is InChI=1S/C27H41F3O3.C26H42O4/c1-17(7-5-14-26(4,33)27(28,29)30)22-11-12-23-19(8-6-13-25(22,23)3)9-10-20-15-21(31)16-24(32)18(20)2;1-17-20(15-21(27)16-24(17)28)9-8-19-7-6-12-26(5)22(10-11-23(19)26)18(2)30-14-13-25(3,4)29/h9-10,17,21-24,31-33H,2,5-8,11-16H2,1,3-4H3;8-9,18,21-24,27-29H,1,6-7,10-16H2,2-5H3/b19-9+,20-10-;19-8+,20-9-/t17-,21-,22-,23?,24+,25-,26?;18-,21+,22+,23?,24-,26+/m10/s1. The summed E-state index contributed by atoms with van der Waals surface area (Å²) in [6, 6.07) is 0. The number of aliphatic hydroxyl groups is 6. The van der Waals surface area contributed by atoms with E-state index in [9.17, 15) is 43.8 Å². The van der Waals surface area contributed by atoms with Crippen LogP contribution in [0.1, 0.15) is 164 Å². The molecule has 0 bridgehead atoms. The van der Waals surface area contributed by atoms with Crippen LogP contribution in [0.5, 0.6) is 0 Å². The molecule has 13 atom stereocenters. The predicted octanol–water partition coefficient (Wildman–Crippen LogP) is 10.9. The predicted molar refractivity (Wildman–Crippen MR) is 245 cm³/mol. The molecule has 6 fully saturated rings. The molecule has 7 nitrogen and oxygen atoms in total. The van der Waals surface area contributed by atoms with E-state index in [0.29, 0.717) is 86.7 Å². The number of fused-ring (bicyclic) bond motifs is 2. The molecule has 0 amide bonds. The Hall–Kier alpha value is -2.05. The van der Waals surface area contributed by atoms with Crippen LogP contribution < -0.4 is 0 Å². The van der Waals surface area contributed by atoms with E-state index in [4.69, 9.17) is 4.74 Å². The second kappa shape index (κ2) is 20.9. The maximum Gasteiger partial charge on any atom is 0.416 e. The zero-order valence-corrected chi connectivity index (χ0v) is 39.7. The third kappa shape index (κ3) is 12.5. The summed E-state index contributed by atoms with van der Waals surface area (Å²) in [5, 5.41) is 60.0. The smallest absolute Gasteiger partial charge is 0.393 e. The number of aliphatic hydroxyl groups excluding tert-OH is 4. The second-order valence-corrected chi connectivity index (χ2v) is 22.1. The van der Waals surface area contributed by atoms with E-state index in [1.807, 2.05) is 19.9 Å². The summed E-state index contributed by atoms with van der Waals surface area (Å²) in [6.07, 6.45) is 16.5. The monoisotopic (exact) mass is 889 g/mol. The van der Waals surface area contributed by atoms with Gasteiger partial charge in [0.25, 0.3) is 0 Å². The van der Waals surface area contributed by atoms with E-state index < -0.39 is 41.8 Å². The van der Waals surface area contributed by atoms with Crippen LogP contribution >= 0.6 is 0 Å². The summed E-state index contributed by atoms with van der Waals surface area (Å²) in [4.78, 5) is 0. The lowest BCUT2D eigenvalue weighted by Crippen LogP contribution is -2.42. The van der Waals surface area contributed by atoms with Crippen molar-refractivity contribution >= 4 is 0 Å². The highest BCUT2D eigenvalue weighted by Gasteiger charge is 2.53. The van der Waals surface area contributed by atoms with E-state index in [1.165, 1.54) is 36.8 Å². The van der Waals surface area contributed by atoms with Gasteiger partial charge in [-0.05, 0) is 187 Å². The fourth-order valence-electron chi connectivity index (χ4n) is 12.9. The fourth-order valence-corrected chi connectivity index (χ4v) is 12.9.